The zero-order valence-electron chi connectivity index (χ0n) is 13.3. The molecule has 0 unspecified atom stereocenters. The normalized spacial score (nSPS) is 22.4. The first-order valence-electron chi connectivity index (χ1n) is 7.16. The van der Waals surface area contributed by atoms with E-state index in [-0.39, 0.29) is 43.2 Å². The lowest BCUT2D eigenvalue weighted by atomic mass is 9.95. The summed E-state index contributed by atoms with van der Waals surface area (Å²) >= 11 is 0. The summed E-state index contributed by atoms with van der Waals surface area (Å²) in [5, 5.41) is 1.46. The fourth-order valence-corrected chi connectivity index (χ4v) is 5.31. The number of sulfonamides is 1. The summed E-state index contributed by atoms with van der Waals surface area (Å²) in [5.41, 5.74) is 0.286. The second kappa shape index (κ2) is 8.01. The topological polar surface area (TPSA) is 119 Å². The van der Waals surface area contributed by atoms with Gasteiger partial charge in [-0.3, -0.25) is 4.79 Å². The van der Waals surface area contributed by atoms with Crippen LogP contribution in [0.4, 0.5) is 13.2 Å². The Labute approximate surface area is 144 Å². The van der Waals surface area contributed by atoms with Crippen LogP contribution in [0.15, 0.2) is 12.2 Å². The van der Waals surface area contributed by atoms with Crippen molar-refractivity contribution in [2.45, 2.75) is 50.0 Å². The molecule has 1 saturated carbocycles. The van der Waals surface area contributed by atoms with Gasteiger partial charge in [-0.1, -0.05) is 10.7 Å². The van der Waals surface area contributed by atoms with Crippen molar-refractivity contribution < 1.29 is 39.0 Å². The maximum absolute atomic E-state index is 12.6. The Hall–Kier alpha value is -1.18. The second-order valence-corrected chi connectivity index (χ2v) is 9.16. The quantitative estimate of drug-likeness (QED) is 0.572. The average Bonchev–Trinajstić information content (AvgIpc) is 2.45. The van der Waals surface area contributed by atoms with Gasteiger partial charge in [-0.05, 0) is 32.6 Å². The van der Waals surface area contributed by atoms with Gasteiger partial charge < -0.3 is 5.32 Å². The minimum Gasteiger partial charge on any atom is -0.350 e. The first kappa shape index (κ1) is 21.9. The average molecular weight is 408 g/mol. The molecule has 146 valence electrons. The molecule has 1 aliphatic rings. The molecule has 0 atom stereocenters. The first-order valence-corrected chi connectivity index (χ1v) is 10.1. The van der Waals surface area contributed by atoms with Crippen LogP contribution in [0.5, 0.6) is 0 Å². The largest absolute Gasteiger partial charge is 0.398 e. The summed E-state index contributed by atoms with van der Waals surface area (Å²) in [6, 6.07) is -0.306. The molecule has 0 aromatic heterocycles. The van der Waals surface area contributed by atoms with Crippen molar-refractivity contribution in [1.82, 2.24) is 9.44 Å². The standard InChI is InChI=1S/C12H19F3N2O6S2/c1-8(2)11(18)16-9-3-5-10(6-4-9)24(19,20)17-25(21,22)23-12(14,15)7-13/h9-10,17H,1,3-7H2,2H3,(H,16,18). The molecule has 0 saturated heterocycles. The molecule has 1 amide bonds. The predicted octanol–water partition coefficient (Wildman–Crippen LogP) is 0.733. The molecule has 13 heteroatoms. The Balaban J connectivity index is 2.67. The van der Waals surface area contributed by atoms with Gasteiger partial charge in [-0.25, -0.2) is 12.8 Å². The van der Waals surface area contributed by atoms with Crippen LogP contribution in [0, 0.1) is 0 Å². The van der Waals surface area contributed by atoms with E-state index in [0.717, 1.165) is 4.13 Å². The molecule has 8 nitrogen and oxygen atoms in total. The summed E-state index contributed by atoms with van der Waals surface area (Å²) in [6.07, 6.45) is -4.19. The number of hydrogen-bond acceptors (Lipinski definition) is 6. The monoisotopic (exact) mass is 408 g/mol. The van der Waals surface area contributed by atoms with Gasteiger partial charge in [-0.2, -0.15) is 21.4 Å². The molecule has 0 aliphatic heterocycles. The third-order valence-electron chi connectivity index (χ3n) is 3.44. The molecule has 2 N–H and O–H groups in total. The van der Waals surface area contributed by atoms with Crippen molar-refractivity contribution in [1.29, 1.82) is 0 Å². The lowest BCUT2D eigenvalue weighted by Gasteiger charge is -2.28. The summed E-state index contributed by atoms with van der Waals surface area (Å²) < 4.78 is 88.1. The third-order valence-corrected chi connectivity index (χ3v) is 7.00. The van der Waals surface area contributed by atoms with E-state index < -0.39 is 38.4 Å². The highest BCUT2D eigenvalue weighted by atomic mass is 32.3. The number of amides is 1. The highest BCUT2D eigenvalue weighted by Crippen LogP contribution is 2.25. The smallest absolute Gasteiger partial charge is 0.350 e. The highest BCUT2D eigenvalue weighted by molar-refractivity contribution is 8.03. The lowest BCUT2D eigenvalue weighted by Crippen LogP contribution is -2.45. The number of carbonyl (C=O) groups is 1. The summed E-state index contributed by atoms with van der Waals surface area (Å²) in [6.45, 7) is 2.54. The van der Waals surface area contributed by atoms with Crippen molar-refractivity contribution >= 4 is 26.2 Å². The summed E-state index contributed by atoms with van der Waals surface area (Å²) in [5.74, 6) is -0.381. The van der Waals surface area contributed by atoms with E-state index in [1.165, 1.54) is 6.92 Å². The van der Waals surface area contributed by atoms with Crippen molar-refractivity contribution in [2.75, 3.05) is 6.67 Å². The Kier molecular flexibility index (Phi) is 7.01. The van der Waals surface area contributed by atoms with Crippen molar-refractivity contribution in [3.05, 3.63) is 12.2 Å². The van der Waals surface area contributed by atoms with Gasteiger partial charge in [0.1, 0.15) is 0 Å². The van der Waals surface area contributed by atoms with Crippen LogP contribution in [-0.4, -0.2) is 46.8 Å². The Morgan fingerprint density at radius 2 is 1.72 bits per heavy atom. The molecule has 0 bridgehead atoms. The molecule has 0 aromatic rings. The molecule has 1 fully saturated rings. The zero-order valence-corrected chi connectivity index (χ0v) is 14.9. The molecule has 1 aliphatic carbocycles. The summed E-state index contributed by atoms with van der Waals surface area (Å²) in [7, 11) is -9.95. The van der Waals surface area contributed by atoms with E-state index in [1.807, 2.05) is 0 Å². The maximum atomic E-state index is 12.6. The van der Waals surface area contributed by atoms with Crippen LogP contribution in [0.2, 0.25) is 0 Å². The predicted molar refractivity (Wildman–Crippen MR) is 82.0 cm³/mol. The first-order chi connectivity index (χ1) is 11.3. The van der Waals surface area contributed by atoms with E-state index in [9.17, 15) is 34.8 Å². The Morgan fingerprint density at radius 3 is 2.16 bits per heavy atom. The maximum Gasteiger partial charge on any atom is 0.398 e. The number of rotatable bonds is 8. The van der Waals surface area contributed by atoms with Gasteiger partial charge in [0.25, 0.3) is 0 Å². The zero-order chi connectivity index (χ0) is 19.5. The fraction of sp³-hybridized carbons (Fsp3) is 0.750. The van der Waals surface area contributed by atoms with Crippen LogP contribution in [0.1, 0.15) is 32.6 Å². The van der Waals surface area contributed by atoms with Crippen LogP contribution in [-0.2, 0) is 29.3 Å². The Bertz CT molecular complexity index is 715. The summed E-state index contributed by atoms with van der Waals surface area (Å²) in [4.78, 5) is 11.5. The molecule has 0 spiro atoms. The van der Waals surface area contributed by atoms with Gasteiger partial charge in [0.05, 0.1) is 5.25 Å². The molecule has 1 rings (SSSR count). The van der Waals surface area contributed by atoms with E-state index in [0.29, 0.717) is 0 Å². The van der Waals surface area contributed by atoms with Gasteiger partial charge in [0.15, 0.2) is 6.67 Å². The van der Waals surface area contributed by atoms with E-state index >= 15 is 0 Å². The van der Waals surface area contributed by atoms with Crippen LogP contribution < -0.4 is 9.44 Å². The van der Waals surface area contributed by atoms with Gasteiger partial charge in [0, 0.05) is 11.6 Å². The lowest BCUT2D eigenvalue weighted by molar-refractivity contribution is -0.183. The minimum atomic E-state index is -5.41. The fourth-order valence-electron chi connectivity index (χ4n) is 2.24. The van der Waals surface area contributed by atoms with Gasteiger partial charge in [0.2, 0.25) is 15.9 Å². The number of carbonyl (C=O) groups excluding carboxylic acids is 1. The third kappa shape index (κ3) is 6.92. The molecule has 0 aromatic carbocycles. The van der Waals surface area contributed by atoms with Gasteiger partial charge in [-0.15, -0.1) is 0 Å². The van der Waals surface area contributed by atoms with Gasteiger partial charge >= 0.3 is 16.4 Å². The molecular formula is C12H19F3N2O6S2. The Morgan fingerprint density at radius 1 is 1.20 bits per heavy atom. The SMILES string of the molecule is C=C(C)C(=O)NC1CCC(S(=O)(=O)NS(=O)(=O)OC(F)(F)CF)CC1. The minimum absolute atomic E-state index is 0.00844. The second-order valence-electron chi connectivity index (χ2n) is 5.66. The van der Waals surface area contributed by atoms with E-state index in [1.54, 1.807) is 0 Å². The highest BCUT2D eigenvalue weighted by Gasteiger charge is 2.41. The molecule has 0 radical (unpaired) electrons. The molecular weight excluding hydrogens is 389 g/mol. The number of alkyl halides is 3. The molecule has 0 heterocycles. The number of halogens is 3. The van der Waals surface area contributed by atoms with E-state index in [4.69, 9.17) is 0 Å². The van der Waals surface area contributed by atoms with Crippen LogP contribution in [0.25, 0.3) is 0 Å². The van der Waals surface area contributed by atoms with Crippen molar-refractivity contribution in [2.24, 2.45) is 0 Å². The van der Waals surface area contributed by atoms with Crippen LogP contribution in [0.3, 0.4) is 0 Å². The van der Waals surface area contributed by atoms with E-state index in [2.05, 4.69) is 16.1 Å². The number of nitrogens with one attached hydrogen (secondary N) is 2. The number of hydrogen-bond donors (Lipinski definition) is 2. The van der Waals surface area contributed by atoms with Crippen LogP contribution >= 0.6 is 0 Å². The molecule has 25 heavy (non-hydrogen) atoms. The van der Waals surface area contributed by atoms with Crippen molar-refractivity contribution in [3.63, 3.8) is 0 Å². The van der Waals surface area contributed by atoms with Crippen molar-refractivity contribution in [3.8, 4) is 0 Å².